The van der Waals surface area contributed by atoms with E-state index in [4.69, 9.17) is 4.74 Å². The molecule has 1 fully saturated rings. The molecule has 1 aliphatic heterocycles. The number of piperazine rings is 1. The normalized spacial score (nSPS) is 14.4. The predicted molar refractivity (Wildman–Crippen MR) is 105 cm³/mol. The van der Waals surface area contributed by atoms with Gasteiger partial charge in [0.2, 0.25) is 0 Å². The summed E-state index contributed by atoms with van der Waals surface area (Å²) in [4.78, 5) is 26.5. The van der Waals surface area contributed by atoms with Gasteiger partial charge in [0.1, 0.15) is 5.75 Å². The number of halogens is 1. The van der Waals surface area contributed by atoms with E-state index in [0.717, 1.165) is 24.2 Å². The summed E-state index contributed by atoms with van der Waals surface area (Å²) in [5.41, 5.74) is 2.35. The number of benzene rings is 1. The fourth-order valence-corrected chi connectivity index (χ4v) is 3.63. The van der Waals surface area contributed by atoms with Crippen LogP contribution in [0.4, 0.5) is 0 Å². The Morgan fingerprint density at radius 2 is 1.92 bits per heavy atom. The van der Waals surface area contributed by atoms with Crippen molar-refractivity contribution < 1.29 is 9.53 Å². The Balaban J connectivity index is 1.97. The van der Waals surface area contributed by atoms with Crippen LogP contribution in [0.1, 0.15) is 10.4 Å². The van der Waals surface area contributed by atoms with E-state index < -0.39 is 0 Å². The maximum atomic E-state index is 12.8. The summed E-state index contributed by atoms with van der Waals surface area (Å²) in [5.74, 6) is 0.532. The van der Waals surface area contributed by atoms with E-state index >= 15 is 0 Å². The van der Waals surface area contributed by atoms with E-state index in [-0.39, 0.29) is 11.5 Å². The van der Waals surface area contributed by atoms with Crippen molar-refractivity contribution in [3.05, 3.63) is 49.9 Å². The van der Waals surface area contributed by atoms with Crippen LogP contribution in [0.3, 0.4) is 0 Å². The van der Waals surface area contributed by atoms with Gasteiger partial charge in [0.25, 0.3) is 11.5 Å². The van der Waals surface area contributed by atoms with E-state index in [0.29, 0.717) is 28.0 Å². The number of aryl methyl sites for hydroxylation is 1. The van der Waals surface area contributed by atoms with Crippen molar-refractivity contribution in [2.45, 2.75) is 0 Å². The molecule has 0 atom stereocenters. The first-order chi connectivity index (χ1) is 12.0. The molecule has 25 heavy (non-hydrogen) atoms. The number of methoxy groups -OCH3 is 1. The summed E-state index contributed by atoms with van der Waals surface area (Å²) in [7, 11) is 3.30. The molecule has 0 radical (unpaired) electrons. The number of nitrogens with zero attached hydrogens (tertiary/aromatic N) is 2. The zero-order chi connectivity index (χ0) is 18.0. The molecule has 2 aromatic rings. The Kier molecular flexibility index (Phi) is 5.43. The number of amides is 1. The van der Waals surface area contributed by atoms with Gasteiger partial charge in [-0.25, -0.2) is 0 Å². The van der Waals surface area contributed by atoms with Crippen molar-refractivity contribution >= 4 is 28.5 Å². The standard InChI is InChI=1S/C18H20IN3O3/c1-21-11-13(9-15(19)18(21)24)12-3-4-14(16(10-12)25-2)17(23)22-7-5-20-6-8-22/h3-4,9-11,20H,5-8H2,1-2H3. The molecule has 0 aliphatic carbocycles. The number of aromatic nitrogens is 1. The maximum absolute atomic E-state index is 12.8. The van der Waals surface area contributed by atoms with Gasteiger partial charge in [0.05, 0.1) is 16.2 Å². The molecule has 3 rings (SSSR count). The lowest BCUT2D eigenvalue weighted by Crippen LogP contribution is -2.46. The number of pyridine rings is 1. The molecule has 132 valence electrons. The molecule has 0 spiro atoms. The first kappa shape index (κ1) is 17.9. The molecule has 1 aliphatic rings. The second-order valence-corrected chi connectivity index (χ2v) is 7.11. The lowest BCUT2D eigenvalue weighted by Gasteiger charge is -2.28. The quantitative estimate of drug-likeness (QED) is 0.720. The van der Waals surface area contributed by atoms with Crippen LogP contribution in [0.2, 0.25) is 0 Å². The van der Waals surface area contributed by atoms with Gasteiger partial charge < -0.3 is 19.5 Å². The van der Waals surface area contributed by atoms with Crippen LogP contribution < -0.4 is 15.6 Å². The average molecular weight is 453 g/mol. The number of rotatable bonds is 3. The van der Waals surface area contributed by atoms with Gasteiger partial charge in [-0.3, -0.25) is 9.59 Å². The van der Waals surface area contributed by atoms with Gasteiger partial charge in [-0.1, -0.05) is 6.07 Å². The Labute approximate surface area is 159 Å². The van der Waals surface area contributed by atoms with E-state index in [1.54, 1.807) is 31.0 Å². The third-order valence-electron chi connectivity index (χ3n) is 4.31. The molecule has 0 unspecified atom stereocenters. The highest BCUT2D eigenvalue weighted by atomic mass is 127. The van der Waals surface area contributed by atoms with Crippen molar-refractivity contribution in [3.8, 4) is 16.9 Å². The summed E-state index contributed by atoms with van der Waals surface area (Å²) in [6.45, 7) is 3.01. The Bertz CT molecular complexity index is 831. The van der Waals surface area contributed by atoms with Gasteiger partial charge in [0, 0.05) is 39.4 Å². The highest BCUT2D eigenvalue weighted by molar-refractivity contribution is 14.1. The Morgan fingerprint density at radius 1 is 1.20 bits per heavy atom. The minimum absolute atomic E-state index is 0.0139. The second-order valence-electron chi connectivity index (χ2n) is 5.95. The van der Waals surface area contributed by atoms with E-state index in [1.807, 2.05) is 45.7 Å². The highest BCUT2D eigenvalue weighted by Crippen LogP contribution is 2.28. The third kappa shape index (κ3) is 3.72. The lowest BCUT2D eigenvalue weighted by atomic mass is 10.0. The highest BCUT2D eigenvalue weighted by Gasteiger charge is 2.21. The van der Waals surface area contributed by atoms with Crippen molar-refractivity contribution in [2.24, 2.45) is 7.05 Å². The van der Waals surface area contributed by atoms with Gasteiger partial charge in [-0.2, -0.15) is 0 Å². The summed E-state index contributed by atoms with van der Waals surface area (Å²) in [5, 5.41) is 3.24. The summed E-state index contributed by atoms with van der Waals surface area (Å²) in [6.07, 6.45) is 1.79. The predicted octanol–water partition coefficient (Wildman–Crippen LogP) is 1.71. The number of ether oxygens (including phenoxy) is 1. The molecule has 2 heterocycles. The van der Waals surface area contributed by atoms with Gasteiger partial charge in [-0.05, 0) is 51.9 Å². The van der Waals surface area contributed by atoms with Crippen LogP contribution in [0.5, 0.6) is 5.75 Å². The number of carbonyl (C=O) groups excluding carboxylic acids is 1. The van der Waals surface area contributed by atoms with E-state index in [9.17, 15) is 9.59 Å². The van der Waals surface area contributed by atoms with Crippen LogP contribution in [0, 0.1) is 3.57 Å². The van der Waals surface area contributed by atoms with Crippen LogP contribution in [-0.2, 0) is 7.05 Å². The molecule has 1 saturated heterocycles. The minimum Gasteiger partial charge on any atom is -0.496 e. The monoisotopic (exact) mass is 453 g/mol. The molecule has 6 nitrogen and oxygen atoms in total. The summed E-state index contributed by atoms with van der Waals surface area (Å²) >= 11 is 2.04. The van der Waals surface area contributed by atoms with Crippen molar-refractivity contribution in [1.29, 1.82) is 0 Å². The molecule has 1 aromatic carbocycles. The molecule has 0 bridgehead atoms. The second kappa shape index (κ2) is 7.57. The van der Waals surface area contributed by atoms with Gasteiger partial charge in [0.15, 0.2) is 0 Å². The Hall–Kier alpha value is -1.87. The molecule has 7 heteroatoms. The third-order valence-corrected chi connectivity index (χ3v) is 5.08. The minimum atomic E-state index is -0.0261. The number of carbonyl (C=O) groups is 1. The van der Waals surface area contributed by atoms with Crippen molar-refractivity contribution in [1.82, 2.24) is 14.8 Å². The number of nitrogens with one attached hydrogen (secondary N) is 1. The van der Waals surface area contributed by atoms with E-state index in [2.05, 4.69) is 5.32 Å². The van der Waals surface area contributed by atoms with Crippen LogP contribution in [0.25, 0.3) is 11.1 Å². The fraction of sp³-hybridized carbons (Fsp3) is 0.333. The van der Waals surface area contributed by atoms with E-state index in [1.165, 1.54) is 0 Å². The SMILES string of the molecule is COc1cc(-c2cc(I)c(=O)n(C)c2)ccc1C(=O)N1CCNCC1. The molecule has 1 N–H and O–H groups in total. The lowest BCUT2D eigenvalue weighted by molar-refractivity contribution is 0.0732. The average Bonchev–Trinajstić information content (AvgIpc) is 2.65. The maximum Gasteiger partial charge on any atom is 0.263 e. The zero-order valence-electron chi connectivity index (χ0n) is 14.2. The summed E-state index contributed by atoms with van der Waals surface area (Å²) in [6, 6.07) is 7.39. The van der Waals surface area contributed by atoms with Gasteiger partial charge in [-0.15, -0.1) is 0 Å². The van der Waals surface area contributed by atoms with Crippen molar-refractivity contribution in [2.75, 3.05) is 33.3 Å². The zero-order valence-corrected chi connectivity index (χ0v) is 16.4. The molecular formula is C18H20IN3O3. The first-order valence-electron chi connectivity index (χ1n) is 8.06. The molecule has 1 aromatic heterocycles. The Morgan fingerprint density at radius 3 is 2.56 bits per heavy atom. The smallest absolute Gasteiger partial charge is 0.263 e. The van der Waals surface area contributed by atoms with Crippen LogP contribution in [0.15, 0.2) is 35.3 Å². The van der Waals surface area contributed by atoms with Crippen LogP contribution >= 0.6 is 22.6 Å². The fourth-order valence-electron chi connectivity index (χ4n) is 2.91. The molecular weight excluding hydrogens is 433 g/mol. The topological polar surface area (TPSA) is 63.6 Å². The summed E-state index contributed by atoms with van der Waals surface area (Å²) < 4.78 is 7.68. The van der Waals surface area contributed by atoms with Crippen LogP contribution in [-0.4, -0.2) is 48.7 Å². The largest absolute Gasteiger partial charge is 0.496 e. The molecule has 1 amide bonds. The number of hydrogen-bond donors (Lipinski definition) is 1. The van der Waals surface area contributed by atoms with Gasteiger partial charge >= 0.3 is 0 Å². The number of hydrogen-bond acceptors (Lipinski definition) is 4. The van der Waals surface area contributed by atoms with Crippen molar-refractivity contribution in [3.63, 3.8) is 0 Å². The molecule has 0 saturated carbocycles. The first-order valence-corrected chi connectivity index (χ1v) is 9.13.